The predicted molar refractivity (Wildman–Crippen MR) is 81.2 cm³/mol. The number of nitrogens with one attached hydrogen (secondary N) is 1. The highest BCUT2D eigenvalue weighted by Gasteiger charge is 2.04. The first-order valence-corrected chi connectivity index (χ1v) is 6.94. The Hall–Kier alpha value is -1.45. The molecule has 0 aliphatic rings. The fraction of sp³-hybridized carbons (Fsp3) is 0.438. The Morgan fingerprint density at radius 2 is 2.16 bits per heavy atom. The van der Waals surface area contributed by atoms with E-state index in [-0.39, 0.29) is 0 Å². The molecule has 0 amide bonds. The van der Waals surface area contributed by atoms with Gasteiger partial charge in [-0.25, -0.2) is 0 Å². The Bertz CT molecular complexity index is 524. The van der Waals surface area contributed by atoms with E-state index in [2.05, 4.69) is 60.4 Å². The van der Waals surface area contributed by atoms with Gasteiger partial charge < -0.3 is 10.2 Å². The Kier molecular flexibility index (Phi) is 4.88. The van der Waals surface area contributed by atoms with E-state index in [1.165, 1.54) is 10.9 Å². The van der Waals surface area contributed by atoms with Gasteiger partial charge in [0.2, 0.25) is 0 Å². The second kappa shape index (κ2) is 6.64. The lowest BCUT2D eigenvalue weighted by Gasteiger charge is -2.20. The van der Waals surface area contributed by atoms with Crippen LogP contribution in [0.3, 0.4) is 0 Å². The van der Waals surface area contributed by atoms with Gasteiger partial charge in [0.05, 0.1) is 5.52 Å². The maximum atomic E-state index is 4.34. The summed E-state index contributed by atoms with van der Waals surface area (Å²) in [6.07, 6.45) is 1.84. The minimum Gasteiger partial charge on any atom is -0.309 e. The summed E-state index contributed by atoms with van der Waals surface area (Å²) in [6.45, 7) is 7.49. The summed E-state index contributed by atoms with van der Waals surface area (Å²) in [5, 5.41) is 4.78. The number of fused-ring (bicyclic) bond motifs is 1. The van der Waals surface area contributed by atoms with Crippen molar-refractivity contribution in [1.82, 2.24) is 15.2 Å². The Morgan fingerprint density at radius 3 is 2.95 bits per heavy atom. The van der Waals surface area contributed by atoms with Crippen molar-refractivity contribution in [3.63, 3.8) is 0 Å². The van der Waals surface area contributed by atoms with Crippen LogP contribution in [0.15, 0.2) is 36.5 Å². The van der Waals surface area contributed by atoms with Crippen molar-refractivity contribution in [3.8, 4) is 0 Å². The second-order valence-corrected chi connectivity index (χ2v) is 5.17. The van der Waals surface area contributed by atoms with Gasteiger partial charge >= 0.3 is 0 Å². The molecule has 1 aromatic heterocycles. The minimum absolute atomic E-state index is 0.495. The molecular formula is C16H23N3. The van der Waals surface area contributed by atoms with Crippen LogP contribution in [0.25, 0.3) is 10.9 Å². The largest absolute Gasteiger partial charge is 0.309 e. The van der Waals surface area contributed by atoms with E-state index in [1.54, 1.807) is 0 Å². The summed E-state index contributed by atoms with van der Waals surface area (Å²) < 4.78 is 0. The summed E-state index contributed by atoms with van der Waals surface area (Å²) in [5.41, 5.74) is 2.37. The quantitative estimate of drug-likeness (QED) is 0.862. The van der Waals surface area contributed by atoms with Crippen LogP contribution in [0.2, 0.25) is 0 Å². The van der Waals surface area contributed by atoms with Gasteiger partial charge in [-0.1, -0.05) is 19.1 Å². The monoisotopic (exact) mass is 257 g/mol. The van der Waals surface area contributed by atoms with Crippen LogP contribution in [-0.4, -0.2) is 36.1 Å². The number of hydrogen-bond acceptors (Lipinski definition) is 3. The van der Waals surface area contributed by atoms with Gasteiger partial charge in [0.1, 0.15) is 0 Å². The van der Waals surface area contributed by atoms with E-state index in [1.807, 2.05) is 12.3 Å². The zero-order valence-electron chi connectivity index (χ0n) is 12.1. The lowest BCUT2D eigenvalue weighted by Crippen LogP contribution is -2.36. The first-order chi connectivity index (χ1) is 9.19. The van der Waals surface area contributed by atoms with Crippen LogP contribution in [0.4, 0.5) is 0 Å². The zero-order valence-corrected chi connectivity index (χ0v) is 12.1. The summed E-state index contributed by atoms with van der Waals surface area (Å²) in [6, 6.07) is 11.0. The number of nitrogens with zero attached hydrogens (tertiary/aromatic N) is 2. The molecule has 0 radical (unpaired) electrons. The van der Waals surface area contributed by atoms with Crippen molar-refractivity contribution in [3.05, 3.63) is 42.1 Å². The van der Waals surface area contributed by atoms with E-state index >= 15 is 0 Å². The molecular weight excluding hydrogens is 234 g/mol. The maximum absolute atomic E-state index is 4.34. The normalized spacial score (nSPS) is 13.1. The molecule has 2 aromatic rings. The maximum Gasteiger partial charge on any atom is 0.0702 e. The molecule has 2 rings (SSSR count). The zero-order chi connectivity index (χ0) is 13.7. The summed E-state index contributed by atoms with van der Waals surface area (Å²) in [7, 11) is 2.15. The van der Waals surface area contributed by atoms with Crippen molar-refractivity contribution < 1.29 is 0 Å². The third-order valence-electron chi connectivity index (χ3n) is 3.45. The molecule has 3 nitrogen and oxygen atoms in total. The molecule has 1 unspecified atom stereocenters. The van der Waals surface area contributed by atoms with E-state index in [0.717, 1.165) is 25.2 Å². The van der Waals surface area contributed by atoms with E-state index in [4.69, 9.17) is 0 Å². The molecule has 0 saturated heterocycles. The van der Waals surface area contributed by atoms with Gasteiger partial charge in [-0.05, 0) is 44.3 Å². The summed E-state index contributed by atoms with van der Waals surface area (Å²) in [5.74, 6) is 0. The third kappa shape index (κ3) is 4.01. The van der Waals surface area contributed by atoms with Crippen LogP contribution in [0.5, 0.6) is 0 Å². The van der Waals surface area contributed by atoms with Crippen LogP contribution in [0, 0.1) is 0 Å². The van der Waals surface area contributed by atoms with Crippen molar-refractivity contribution in [2.45, 2.75) is 26.4 Å². The fourth-order valence-electron chi connectivity index (χ4n) is 2.19. The molecule has 0 aliphatic carbocycles. The molecule has 1 heterocycles. The average Bonchev–Trinajstić information content (AvgIpc) is 2.44. The van der Waals surface area contributed by atoms with Crippen LogP contribution < -0.4 is 5.32 Å². The third-order valence-corrected chi connectivity index (χ3v) is 3.45. The lowest BCUT2D eigenvalue weighted by atomic mass is 10.1. The highest BCUT2D eigenvalue weighted by molar-refractivity contribution is 5.78. The fourth-order valence-corrected chi connectivity index (χ4v) is 2.19. The Labute approximate surface area is 115 Å². The van der Waals surface area contributed by atoms with Crippen molar-refractivity contribution in [2.75, 3.05) is 20.1 Å². The van der Waals surface area contributed by atoms with Crippen LogP contribution in [0.1, 0.15) is 19.4 Å². The molecule has 1 atom stereocenters. The van der Waals surface area contributed by atoms with Gasteiger partial charge in [0, 0.05) is 30.7 Å². The highest BCUT2D eigenvalue weighted by Crippen LogP contribution is 2.13. The number of benzene rings is 1. The molecule has 0 fully saturated rings. The molecule has 1 N–H and O–H groups in total. The molecule has 102 valence electrons. The standard InChI is InChI=1S/C16H23N3/c1-4-19(3)12-13(2)18-11-14-7-8-16-15(10-14)6-5-9-17-16/h5-10,13,18H,4,11-12H2,1-3H3. The first kappa shape index (κ1) is 14.0. The van der Waals surface area contributed by atoms with Gasteiger partial charge in [0.25, 0.3) is 0 Å². The van der Waals surface area contributed by atoms with Gasteiger partial charge in [-0.3, -0.25) is 4.98 Å². The number of pyridine rings is 1. The van der Waals surface area contributed by atoms with Crippen molar-refractivity contribution in [2.24, 2.45) is 0 Å². The van der Waals surface area contributed by atoms with E-state index in [9.17, 15) is 0 Å². The van der Waals surface area contributed by atoms with E-state index in [0.29, 0.717) is 6.04 Å². The molecule has 0 spiro atoms. The van der Waals surface area contributed by atoms with E-state index < -0.39 is 0 Å². The average molecular weight is 257 g/mol. The molecule has 3 heteroatoms. The molecule has 0 aliphatic heterocycles. The Balaban J connectivity index is 1.94. The molecule has 0 bridgehead atoms. The minimum atomic E-state index is 0.495. The highest BCUT2D eigenvalue weighted by atomic mass is 15.1. The predicted octanol–water partition coefficient (Wildman–Crippen LogP) is 2.66. The van der Waals surface area contributed by atoms with Gasteiger partial charge in [-0.2, -0.15) is 0 Å². The number of aromatic nitrogens is 1. The molecule has 0 saturated carbocycles. The van der Waals surface area contributed by atoms with Crippen LogP contribution >= 0.6 is 0 Å². The van der Waals surface area contributed by atoms with Crippen LogP contribution in [-0.2, 0) is 6.54 Å². The van der Waals surface area contributed by atoms with Crippen molar-refractivity contribution in [1.29, 1.82) is 0 Å². The number of hydrogen-bond donors (Lipinski definition) is 1. The molecule has 19 heavy (non-hydrogen) atoms. The first-order valence-electron chi connectivity index (χ1n) is 6.94. The summed E-state index contributed by atoms with van der Waals surface area (Å²) >= 11 is 0. The topological polar surface area (TPSA) is 28.2 Å². The number of likely N-dealkylation sites (N-methyl/N-ethyl adjacent to an activating group) is 1. The SMILES string of the molecule is CCN(C)CC(C)NCc1ccc2ncccc2c1. The van der Waals surface area contributed by atoms with Gasteiger partial charge in [-0.15, -0.1) is 0 Å². The summed E-state index contributed by atoms with van der Waals surface area (Å²) in [4.78, 5) is 6.66. The smallest absolute Gasteiger partial charge is 0.0702 e. The Morgan fingerprint density at radius 1 is 1.32 bits per heavy atom. The lowest BCUT2D eigenvalue weighted by molar-refractivity contribution is 0.309. The van der Waals surface area contributed by atoms with Gasteiger partial charge in [0.15, 0.2) is 0 Å². The number of rotatable bonds is 6. The van der Waals surface area contributed by atoms with Crippen molar-refractivity contribution >= 4 is 10.9 Å². The second-order valence-electron chi connectivity index (χ2n) is 5.17. The molecule has 1 aromatic carbocycles.